The monoisotopic (exact) mass is 464 g/mol. The SMILES string of the molecule is C[C@@H](CC(=O)Nc1sc2c(c1C#N)CCN(C(=O)OCCn1ccnc1)C2)c1ccccn1. The van der Waals surface area contributed by atoms with Crippen molar-refractivity contribution in [2.24, 2.45) is 0 Å². The molecule has 2 amide bonds. The Morgan fingerprint density at radius 2 is 2.24 bits per heavy atom. The number of carbonyl (C=O) groups excluding carboxylic acids is 2. The van der Waals surface area contributed by atoms with Gasteiger partial charge in [0.15, 0.2) is 0 Å². The van der Waals surface area contributed by atoms with Gasteiger partial charge < -0.3 is 19.5 Å². The topological polar surface area (TPSA) is 113 Å². The van der Waals surface area contributed by atoms with Crippen molar-refractivity contribution in [3.63, 3.8) is 0 Å². The van der Waals surface area contributed by atoms with Crippen molar-refractivity contribution in [1.29, 1.82) is 5.26 Å². The van der Waals surface area contributed by atoms with E-state index in [1.807, 2.05) is 35.9 Å². The summed E-state index contributed by atoms with van der Waals surface area (Å²) in [6.07, 6.45) is 7.28. The Labute approximate surface area is 195 Å². The molecule has 0 aromatic carbocycles. The molecule has 3 aromatic heterocycles. The van der Waals surface area contributed by atoms with E-state index in [1.165, 1.54) is 11.3 Å². The summed E-state index contributed by atoms with van der Waals surface area (Å²) in [6, 6.07) is 7.86. The molecule has 9 nitrogen and oxygen atoms in total. The highest BCUT2D eigenvalue weighted by Crippen LogP contribution is 2.37. The minimum Gasteiger partial charge on any atom is -0.448 e. The molecule has 4 rings (SSSR count). The lowest BCUT2D eigenvalue weighted by atomic mass is 10.0. The van der Waals surface area contributed by atoms with E-state index < -0.39 is 0 Å². The smallest absolute Gasteiger partial charge is 0.410 e. The molecule has 1 atom stereocenters. The lowest BCUT2D eigenvalue weighted by Gasteiger charge is -2.26. The summed E-state index contributed by atoms with van der Waals surface area (Å²) in [5.74, 6) is -0.210. The summed E-state index contributed by atoms with van der Waals surface area (Å²) in [7, 11) is 0. The number of nitriles is 1. The van der Waals surface area contributed by atoms with Crippen molar-refractivity contribution in [2.45, 2.75) is 38.8 Å². The minimum atomic E-state index is -0.387. The third-order valence-electron chi connectivity index (χ3n) is 5.50. The van der Waals surface area contributed by atoms with Gasteiger partial charge in [0.1, 0.15) is 17.7 Å². The number of hydrogen-bond acceptors (Lipinski definition) is 7. The summed E-state index contributed by atoms with van der Waals surface area (Å²) in [6.45, 7) is 3.56. The normalized spacial score (nSPS) is 13.6. The molecule has 1 aliphatic heterocycles. The van der Waals surface area contributed by atoms with Crippen LogP contribution < -0.4 is 5.32 Å². The molecule has 0 saturated carbocycles. The molecule has 0 unspecified atom stereocenters. The summed E-state index contributed by atoms with van der Waals surface area (Å²) >= 11 is 1.35. The molecule has 0 radical (unpaired) electrons. The van der Waals surface area contributed by atoms with E-state index in [1.54, 1.807) is 23.6 Å². The second kappa shape index (κ2) is 10.3. The molecular weight excluding hydrogens is 440 g/mol. The Bertz CT molecular complexity index is 1150. The van der Waals surface area contributed by atoms with Crippen LogP contribution in [0.4, 0.5) is 9.80 Å². The summed E-state index contributed by atoms with van der Waals surface area (Å²) in [5, 5.41) is 13.1. The van der Waals surface area contributed by atoms with Gasteiger partial charge in [-0.25, -0.2) is 9.78 Å². The van der Waals surface area contributed by atoms with E-state index in [-0.39, 0.29) is 30.9 Å². The fraction of sp³-hybridized carbons (Fsp3) is 0.348. The molecule has 33 heavy (non-hydrogen) atoms. The van der Waals surface area contributed by atoms with Gasteiger partial charge in [0.2, 0.25) is 5.91 Å². The molecule has 0 spiro atoms. The fourth-order valence-electron chi connectivity index (χ4n) is 3.74. The third-order valence-corrected chi connectivity index (χ3v) is 6.63. The van der Waals surface area contributed by atoms with Crippen LogP contribution >= 0.6 is 11.3 Å². The first kappa shape index (κ1) is 22.5. The number of ether oxygens (including phenoxy) is 1. The molecule has 4 heterocycles. The van der Waals surface area contributed by atoms with Crippen molar-refractivity contribution < 1.29 is 14.3 Å². The molecule has 1 aliphatic rings. The minimum absolute atomic E-state index is 0.0427. The summed E-state index contributed by atoms with van der Waals surface area (Å²) in [5.41, 5.74) is 2.24. The average Bonchev–Trinajstić information content (AvgIpc) is 3.46. The first-order chi connectivity index (χ1) is 16.0. The molecule has 10 heteroatoms. The largest absolute Gasteiger partial charge is 0.448 e. The molecule has 170 valence electrons. The maximum Gasteiger partial charge on any atom is 0.410 e. The van der Waals surface area contributed by atoms with Gasteiger partial charge in [-0.3, -0.25) is 9.78 Å². The van der Waals surface area contributed by atoms with Gasteiger partial charge in [-0.1, -0.05) is 13.0 Å². The number of nitrogens with one attached hydrogen (secondary N) is 1. The number of thiophene rings is 1. The molecule has 0 bridgehead atoms. The Kier molecular flexibility index (Phi) is 7.00. The Morgan fingerprint density at radius 1 is 1.36 bits per heavy atom. The number of fused-ring (bicyclic) bond motifs is 1. The van der Waals surface area contributed by atoms with Gasteiger partial charge in [0, 0.05) is 48.0 Å². The van der Waals surface area contributed by atoms with Crippen LogP contribution in [0.3, 0.4) is 0 Å². The highest BCUT2D eigenvalue weighted by Gasteiger charge is 2.28. The number of imidazole rings is 1. The van der Waals surface area contributed by atoms with Gasteiger partial charge >= 0.3 is 6.09 Å². The highest BCUT2D eigenvalue weighted by molar-refractivity contribution is 7.16. The van der Waals surface area contributed by atoms with Crippen LogP contribution in [0.15, 0.2) is 43.1 Å². The molecule has 0 saturated heterocycles. The predicted molar refractivity (Wildman–Crippen MR) is 123 cm³/mol. The van der Waals surface area contributed by atoms with Crippen LogP contribution in [0.5, 0.6) is 0 Å². The average molecular weight is 465 g/mol. The predicted octanol–water partition coefficient (Wildman–Crippen LogP) is 3.54. The summed E-state index contributed by atoms with van der Waals surface area (Å²) < 4.78 is 7.22. The number of aromatic nitrogens is 3. The zero-order valence-electron chi connectivity index (χ0n) is 18.2. The maximum absolute atomic E-state index is 12.6. The molecule has 1 N–H and O–H groups in total. The number of carbonyl (C=O) groups is 2. The maximum atomic E-state index is 12.6. The van der Waals surface area contributed by atoms with Gasteiger partial charge in [-0.2, -0.15) is 5.26 Å². The zero-order chi connectivity index (χ0) is 23.2. The molecule has 0 aliphatic carbocycles. The van der Waals surface area contributed by atoms with Gasteiger partial charge in [0.25, 0.3) is 0 Å². The van der Waals surface area contributed by atoms with Gasteiger partial charge in [0.05, 0.1) is 25.0 Å². The van der Waals surface area contributed by atoms with Crippen LogP contribution in [0.25, 0.3) is 0 Å². The number of rotatable bonds is 7. The van der Waals surface area contributed by atoms with E-state index in [0.717, 1.165) is 16.1 Å². The zero-order valence-corrected chi connectivity index (χ0v) is 19.0. The number of hydrogen-bond donors (Lipinski definition) is 1. The van der Waals surface area contributed by atoms with Crippen molar-refractivity contribution >= 4 is 28.3 Å². The van der Waals surface area contributed by atoms with Crippen molar-refractivity contribution in [3.8, 4) is 6.07 Å². The number of amides is 2. The van der Waals surface area contributed by atoms with Crippen LogP contribution in [-0.2, 0) is 29.0 Å². The van der Waals surface area contributed by atoms with Gasteiger partial charge in [-0.15, -0.1) is 11.3 Å². The van der Waals surface area contributed by atoms with Crippen LogP contribution in [0, 0.1) is 11.3 Å². The Balaban J connectivity index is 1.36. The quantitative estimate of drug-likeness (QED) is 0.572. The standard InChI is InChI=1S/C23H24N6O3S/c1-16(19-4-2-3-6-26-19)12-21(30)27-22-18(13-24)17-5-8-29(14-20(17)33-22)23(31)32-11-10-28-9-7-25-15-28/h2-4,6-7,9,15-16H,5,8,10-12,14H2,1H3,(H,27,30)/t16-/m0/s1. The second-order valence-corrected chi connectivity index (χ2v) is 8.92. The van der Waals surface area contributed by atoms with Crippen LogP contribution in [0.1, 0.15) is 41.0 Å². The molecule has 3 aromatic rings. The fourth-order valence-corrected chi connectivity index (χ4v) is 4.97. The Morgan fingerprint density at radius 3 is 2.97 bits per heavy atom. The van der Waals surface area contributed by atoms with Crippen molar-refractivity contribution in [2.75, 3.05) is 18.5 Å². The van der Waals surface area contributed by atoms with E-state index in [4.69, 9.17) is 4.74 Å². The van der Waals surface area contributed by atoms with Crippen molar-refractivity contribution in [1.82, 2.24) is 19.4 Å². The van der Waals surface area contributed by atoms with E-state index in [9.17, 15) is 14.9 Å². The first-order valence-electron chi connectivity index (χ1n) is 10.7. The van der Waals surface area contributed by atoms with Crippen LogP contribution in [-0.4, -0.2) is 44.6 Å². The van der Waals surface area contributed by atoms with Gasteiger partial charge in [-0.05, 0) is 24.1 Å². The van der Waals surface area contributed by atoms with Crippen molar-refractivity contribution in [3.05, 3.63) is 64.8 Å². The third kappa shape index (κ3) is 5.38. The molecular formula is C23H24N6O3S. The van der Waals surface area contributed by atoms with E-state index in [2.05, 4.69) is 21.4 Å². The highest BCUT2D eigenvalue weighted by atomic mass is 32.1. The summed E-state index contributed by atoms with van der Waals surface area (Å²) in [4.78, 5) is 35.9. The number of pyridine rings is 1. The van der Waals surface area contributed by atoms with E-state index >= 15 is 0 Å². The van der Waals surface area contributed by atoms with E-state index in [0.29, 0.717) is 36.6 Å². The lowest BCUT2D eigenvalue weighted by molar-refractivity contribution is -0.116. The van der Waals surface area contributed by atoms with Crippen LogP contribution in [0.2, 0.25) is 0 Å². The second-order valence-electron chi connectivity index (χ2n) is 7.81. The first-order valence-corrected chi connectivity index (χ1v) is 11.5. The molecule has 0 fully saturated rings. The lowest BCUT2D eigenvalue weighted by Crippen LogP contribution is -2.36. The number of nitrogens with zero attached hydrogens (tertiary/aromatic N) is 5. The number of anilines is 1. The Hall–Kier alpha value is -3.71.